The summed E-state index contributed by atoms with van der Waals surface area (Å²) in [5.41, 5.74) is 1.69. The lowest BCUT2D eigenvalue weighted by Crippen LogP contribution is -2.15. The first-order valence-corrected chi connectivity index (χ1v) is 15.2. The maximum atomic E-state index is 13.5. The number of para-hydroxylation sites is 2. The molecule has 0 aliphatic heterocycles. The molecule has 40 heavy (non-hydrogen) atoms. The zero-order valence-corrected chi connectivity index (χ0v) is 24.0. The lowest BCUT2D eigenvalue weighted by Gasteiger charge is -2.18. The van der Waals surface area contributed by atoms with E-state index in [1.54, 1.807) is 48.5 Å². The predicted octanol–water partition coefficient (Wildman–Crippen LogP) is 5.66. The Hall–Kier alpha value is -4.28. The highest BCUT2D eigenvalue weighted by Crippen LogP contribution is 2.37. The number of hydrogen-bond acceptors (Lipinski definition) is 8. The molecule has 0 aliphatic carbocycles. The van der Waals surface area contributed by atoms with Gasteiger partial charge in [0.05, 0.1) is 0 Å². The molecule has 0 spiro atoms. The molecule has 0 heterocycles. The van der Waals surface area contributed by atoms with Gasteiger partial charge in [0, 0.05) is 61.1 Å². The normalized spacial score (nSPS) is 11.9. The zero-order valence-electron chi connectivity index (χ0n) is 22.4. The van der Waals surface area contributed by atoms with Gasteiger partial charge in [0.25, 0.3) is 0 Å². The van der Waals surface area contributed by atoms with Gasteiger partial charge in [-0.05, 0) is 36.4 Å². The van der Waals surface area contributed by atoms with Crippen LogP contribution >= 0.6 is 0 Å². The van der Waals surface area contributed by atoms with Crippen LogP contribution in [-0.4, -0.2) is 45.0 Å². The Balaban J connectivity index is 1.54. The molecule has 0 N–H and O–H groups in total. The molecule has 0 unspecified atom stereocenters. The topological polar surface area (TPSA) is 93.2 Å². The Bertz CT molecular complexity index is 1810. The summed E-state index contributed by atoms with van der Waals surface area (Å²) in [7, 11) is -1.26. The molecule has 0 aliphatic rings. The van der Waals surface area contributed by atoms with Crippen molar-refractivity contribution in [2.75, 3.05) is 38.0 Å². The summed E-state index contributed by atoms with van der Waals surface area (Å²) in [5.74, 6) is -0.498. The summed E-state index contributed by atoms with van der Waals surface area (Å²) >= 11 is 0. The summed E-state index contributed by atoms with van der Waals surface area (Å²) < 4.78 is 65.1. The van der Waals surface area contributed by atoms with E-state index < -0.39 is 20.2 Å². The summed E-state index contributed by atoms with van der Waals surface area (Å²) in [4.78, 5) is 3.69. The third-order valence-electron chi connectivity index (χ3n) is 6.47. The Morgan fingerprint density at radius 2 is 0.800 bits per heavy atom. The van der Waals surface area contributed by atoms with Gasteiger partial charge in [0.15, 0.2) is 11.5 Å². The second-order valence-corrected chi connectivity index (χ2v) is 12.6. The van der Waals surface area contributed by atoms with E-state index in [0.717, 1.165) is 22.1 Å². The van der Waals surface area contributed by atoms with Crippen molar-refractivity contribution >= 4 is 53.2 Å². The zero-order chi connectivity index (χ0) is 28.7. The van der Waals surface area contributed by atoms with Crippen LogP contribution in [0.3, 0.4) is 0 Å². The first kappa shape index (κ1) is 27.3. The van der Waals surface area contributed by atoms with Crippen molar-refractivity contribution in [2.24, 2.45) is 0 Å². The molecule has 5 aromatic rings. The monoisotopic (exact) mass is 576 g/mol. The molecule has 0 amide bonds. The highest BCUT2D eigenvalue weighted by Gasteiger charge is 2.26. The highest BCUT2D eigenvalue weighted by atomic mass is 32.2. The van der Waals surface area contributed by atoms with Crippen molar-refractivity contribution in [2.45, 2.75) is 9.79 Å². The minimum absolute atomic E-state index is 0.0448. The smallest absolute Gasteiger partial charge is 0.339 e. The average Bonchev–Trinajstić information content (AvgIpc) is 2.92. The molecule has 10 heteroatoms. The van der Waals surface area contributed by atoms with Crippen molar-refractivity contribution in [3.63, 3.8) is 0 Å². The fourth-order valence-corrected chi connectivity index (χ4v) is 6.97. The van der Waals surface area contributed by atoms with Crippen molar-refractivity contribution in [3.8, 4) is 11.5 Å². The van der Waals surface area contributed by atoms with E-state index >= 15 is 0 Å². The van der Waals surface area contributed by atoms with Gasteiger partial charge in [0.1, 0.15) is 9.79 Å². The Kier molecular flexibility index (Phi) is 7.07. The van der Waals surface area contributed by atoms with Gasteiger partial charge in [-0.25, -0.2) is 0 Å². The molecular formula is C30H28N2O6S2. The average molecular weight is 577 g/mol. The summed E-state index contributed by atoms with van der Waals surface area (Å²) in [5, 5.41) is 2.43. The van der Waals surface area contributed by atoms with E-state index in [4.69, 9.17) is 8.37 Å². The van der Waals surface area contributed by atoms with E-state index in [1.807, 2.05) is 62.3 Å². The van der Waals surface area contributed by atoms with Gasteiger partial charge >= 0.3 is 20.2 Å². The van der Waals surface area contributed by atoms with Crippen LogP contribution < -0.4 is 18.2 Å². The van der Waals surface area contributed by atoms with Gasteiger partial charge < -0.3 is 18.2 Å². The number of nitrogens with zero attached hydrogens (tertiary/aromatic N) is 2. The number of hydrogen-bond donors (Lipinski definition) is 0. The second kappa shape index (κ2) is 10.4. The molecule has 0 atom stereocenters. The number of anilines is 2. The summed E-state index contributed by atoms with van der Waals surface area (Å²) in [6.07, 6.45) is 0. The third kappa shape index (κ3) is 5.03. The van der Waals surface area contributed by atoms with E-state index in [1.165, 1.54) is 24.3 Å². The first-order valence-electron chi connectivity index (χ1n) is 12.4. The Morgan fingerprint density at radius 1 is 0.450 bits per heavy atom. The molecule has 0 aromatic heterocycles. The molecule has 0 bridgehead atoms. The van der Waals surface area contributed by atoms with Gasteiger partial charge in [-0.2, -0.15) is 16.8 Å². The minimum atomic E-state index is -4.37. The van der Waals surface area contributed by atoms with Crippen molar-refractivity contribution in [3.05, 3.63) is 97.1 Å². The van der Waals surface area contributed by atoms with Crippen molar-refractivity contribution < 1.29 is 25.2 Å². The van der Waals surface area contributed by atoms with Crippen LogP contribution in [0.1, 0.15) is 0 Å². The molecule has 5 aromatic carbocycles. The fourth-order valence-electron chi connectivity index (χ4n) is 4.66. The van der Waals surface area contributed by atoms with Crippen LogP contribution in [0.25, 0.3) is 21.5 Å². The predicted molar refractivity (Wildman–Crippen MR) is 159 cm³/mol. The molecule has 0 fully saturated rings. The van der Waals surface area contributed by atoms with E-state index in [2.05, 4.69) is 0 Å². The van der Waals surface area contributed by atoms with Gasteiger partial charge in [-0.15, -0.1) is 0 Å². The number of benzene rings is 5. The number of fused-ring (bicyclic) bond motifs is 2. The van der Waals surface area contributed by atoms with Gasteiger partial charge in [0.2, 0.25) is 0 Å². The maximum absolute atomic E-state index is 13.5. The summed E-state index contributed by atoms with van der Waals surface area (Å²) in [6.45, 7) is 0. The van der Waals surface area contributed by atoms with Gasteiger partial charge in [-0.1, -0.05) is 60.7 Å². The standard InChI is InChI=1S/C30H28N2O6S2/c1-31(2)25-15-7-13-23-21(25)11-9-19-29(23)39(33,34)37-27-17-5-6-18-28(27)38-40(35,36)30-20-10-12-22-24(30)14-8-16-26(22)32(3)4/h5-20H,1-4H3. The van der Waals surface area contributed by atoms with Crippen LogP contribution in [-0.2, 0) is 20.2 Å². The van der Waals surface area contributed by atoms with Gasteiger partial charge in [-0.3, -0.25) is 0 Å². The first-order chi connectivity index (χ1) is 19.0. The largest absolute Gasteiger partial charge is 0.377 e. The van der Waals surface area contributed by atoms with Crippen LogP contribution in [0.15, 0.2) is 107 Å². The van der Waals surface area contributed by atoms with E-state index in [9.17, 15) is 16.8 Å². The van der Waals surface area contributed by atoms with E-state index in [0.29, 0.717) is 10.8 Å². The summed E-state index contributed by atoms with van der Waals surface area (Å²) in [6, 6.07) is 26.4. The van der Waals surface area contributed by atoms with Crippen molar-refractivity contribution in [1.29, 1.82) is 0 Å². The van der Waals surface area contributed by atoms with Crippen LogP contribution in [0, 0.1) is 0 Å². The van der Waals surface area contributed by atoms with Crippen LogP contribution in [0.2, 0.25) is 0 Å². The van der Waals surface area contributed by atoms with Crippen LogP contribution in [0.5, 0.6) is 11.5 Å². The quantitative estimate of drug-likeness (QED) is 0.219. The Morgan fingerprint density at radius 3 is 1.18 bits per heavy atom. The molecule has 0 saturated heterocycles. The third-order valence-corrected chi connectivity index (χ3v) is 9.06. The Labute approximate surface area is 234 Å². The molecular weight excluding hydrogens is 548 g/mol. The van der Waals surface area contributed by atoms with Crippen molar-refractivity contribution in [1.82, 2.24) is 0 Å². The maximum Gasteiger partial charge on any atom is 0.339 e. The fraction of sp³-hybridized carbons (Fsp3) is 0.133. The molecule has 5 rings (SSSR count). The minimum Gasteiger partial charge on any atom is -0.377 e. The molecule has 0 saturated carbocycles. The SMILES string of the molecule is CN(C)c1cccc2c(S(=O)(=O)Oc3ccccc3OS(=O)(=O)c3cccc4c(N(C)C)cccc34)cccc12. The van der Waals surface area contributed by atoms with Crippen LogP contribution in [0.4, 0.5) is 11.4 Å². The molecule has 0 radical (unpaired) electrons. The second-order valence-electron chi connectivity index (χ2n) is 9.57. The molecule has 206 valence electrons. The lowest BCUT2D eigenvalue weighted by molar-refractivity contribution is 0.450. The highest BCUT2D eigenvalue weighted by molar-refractivity contribution is 7.87. The van der Waals surface area contributed by atoms with E-state index in [-0.39, 0.29) is 21.3 Å². The lowest BCUT2D eigenvalue weighted by atomic mass is 10.1. The molecule has 8 nitrogen and oxygen atoms in total. The number of rotatable bonds is 8.